The molecule has 0 saturated heterocycles. The molecular weight excluding hydrogens is 296 g/mol. The summed E-state index contributed by atoms with van der Waals surface area (Å²) < 4.78 is 5.57. The van der Waals surface area contributed by atoms with Gasteiger partial charge < -0.3 is 9.64 Å². The van der Waals surface area contributed by atoms with E-state index in [9.17, 15) is 0 Å². The second-order valence-electron chi connectivity index (χ2n) is 5.60. The van der Waals surface area contributed by atoms with Crippen molar-refractivity contribution in [3.8, 4) is 5.75 Å². The van der Waals surface area contributed by atoms with E-state index in [0.717, 1.165) is 34.2 Å². The third-order valence-electron chi connectivity index (χ3n) is 3.98. The first kappa shape index (κ1) is 14.9. The lowest BCUT2D eigenvalue weighted by atomic mass is 9.89. The molecule has 4 heteroatoms. The molecule has 0 spiro atoms. The third-order valence-corrected chi connectivity index (χ3v) is 4.23. The second-order valence-corrected chi connectivity index (χ2v) is 6.04. The molecule has 22 heavy (non-hydrogen) atoms. The van der Waals surface area contributed by atoms with Gasteiger partial charge in [0, 0.05) is 31.1 Å². The van der Waals surface area contributed by atoms with Crippen LogP contribution in [0.15, 0.2) is 47.5 Å². The fourth-order valence-corrected chi connectivity index (χ4v) is 2.95. The molecule has 3 rings (SSSR count). The van der Waals surface area contributed by atoms with Gasteiger partial charge in [-0.15, -0.1) is 0 Å². The smallest absolute Gasteiger partial charge is 0.124 e. The lowest BCUT2D eigenvalue weighted by molar-refractivity contribution is 0.406. The van der Waals surface area contributed by atoms with Gasteiger partial charge in [-0.3, -0.25) is 4.99 Å². The van der Waals surface area contributed by atoms with Crippen molar-refractivity contribution < 1.29 is 4.74 Å². The van der Waals surface area contributed by atoms with Crippen LogP contribution < -0.4 is 4.74 Å². The molecule has 1 aliphatic heterocycles. The van der Waals surface area contributed by atoms with Crippen molar-refractivity contribution in [1.82, 2.24) is 4.90 Å². The molecule has 0 fully saturated rings. The minimum absolute atomic E-state index is 0.0606. The minimum atomic E-state index is -0.0606. The molecule has 0 bridgehead atoms. The Bertz CT molecular complexity index is 708. The van der Waals surface area contributed by atoms with E-state index >= 15 is 0 Å². The first-order valence-electron chi connectivity index (χ1n) is 7.25. The molecule has 114 valence electrons. The quantitative estimate of drug-likeness (QED) is 0.838. The van der Waals surface area contributed by atoms with Crippen molar-refractivity contribution in [2.45, 2.75) is 12.5 Å². The molecule has 0 aliphatic carbocycles. The summed E-state index contributed by atoms with van der Waals surface area (Å²) in [6.45, 7) is 0. The number of ether oxygens (including phenoxy) is 1. The molecule has 2 aromatic rings. The normalized spacial score (nSPS) is 16.7. The van der Waals surface area contributed by atoms with E-state index in [1.165, 1.54) is 5.56 Å². The number of hydrogen-bond donors (Lipinski definition) is 0. The highest BCUT2D eigenvalue weighted by molar-refractivity contribution is 6.30. The molecule has 1 heterocycles. The molecule has 1 atom stereocenters. The molecule has 0 amide bonds. The first-order chi connectivity index (χ1) is 10.6. The van der Waals surface area contributed by atoms with Crippen LogP contribution in [0, 0.1) is 0 Å². The number of rotatable bonds is 2. The third kappa shape index (κ3) is 2.69. The summed E-state index contributed by atoms with van der Waals surface area (Å²) in [4.78, 5) is 7.03. The minimum Gasteiger partial charge on any atom is -0.496 e. The summed E-state index contributed by atoms with van der Waals surface area (Å²) in [6.07, 6.45) is 0.823. The Labute approximate surface area is 136 Å². The van der Waals surface area contributed by atoms with Crippen molar-refractivity contribution in [2.75, 3.05) is 21.2 Å². The zero-order chi connectivity index (χ0) is 15.7. The van der Waals surface area contributed by atoms with Gasteiger partial charge in [-0.25, -0.2) is 0 Å². The maximum atomic E-state index is 6.02. The standard InChI is InChI=1S/C18H19ClN2O/c1-21(2)16-11-13-5-4-6-15(22-3)17(13)18(20-16)12-7-9-14(19)10-8-12/h4-10,18H,11H2,1-3H3. The van der Waals surface area contributed by atoms with Gasteiger partial charge >= 0.3 is 0 Å². The zero-order valence-corrected chi connectivity index (χ0v) is 13.8. The molecule has 2 aromatic carbocycles. The van der Waals surface area contributed by atoms with Gasteiger partial charge in [0.05, 0.1) is 7.11 Å². The van der Waals surface area contributed by atoms with E-state index in [1.807, 2.05) is 50.5 Å². The van der Waals surface area contributed by atoms with Gasteiger partial charge in [0.15, 0.2) is 0 Å². The Morgan fingerprint density at radius 1 is 1.14 bits per heavy atom. The van der Waals surface area contributed by atoms with Gasteiger partial charge in [-0.1, -0.05) is 35.9 Å². The molecule has 0 aromatic heterocycles. The van der Waals surface area contributed by atoms with Crippen LogP contribution in [0.4, 0.5) is 0 Å². The number of aliphatic imine (C=N–C) groups is 1. The monoisotopic (exact) mass is 314 g/mol. The molecular formula is C18H19ClN2O. The fourth-order valence-electron chi connectivity index (χ4n) is 2.82. The van der Waals surface area contributed by atoms with E-state index in [-0.39, 0.29) is 6.04 Å². The number of halogens is 1. The molecule has 0 N–H and O–H groups in total. The van der Waals surface area contributed by atoms with Gasteiger partial charge in [-0.05, 0) is 29.3 Å². The van der Waals surface area contributed by atoms with Crippen LogP contribution in [0.2, 0.25) is 5.02 Å². The largest absolute Gasteiger partial charge is 0.496 e. The van der Waals surface area contributed by atoms with Crippen molar-refractivity contribution in [3.63, 3.8) is 0 Å². The maximum absolute atomic E-state index is 6.02. The molecule has 1 unspecified atom stereocenters. The first-order valence-corrected chi connectivity index (χ1v) is 7.63. The highest BCUT2D eigenvalue weighted by Gasteiger charge is 2.27. The van der Waals surface area contributed by atoms with Crippen molar-refractivity contribution in [2.24, 2.45) is 4.99 Å². The van der Waals surface area contributed by atoms with E-state index in [2.05, 4.69) is 11.0 Å². The van der Waals surface area contributed by atoms with E-state index in [1.54, 1.807) is 7.11 Å². The highest BCUT2D eigenvalue weighted by Crippen LogP contribution is 2.39. The average molecular weight is 315 g/mol. The van der Waals surface area contributed by atoms with Crippen molar-refractivity contribution >= 4 is 17.4 Å². The number of fused-ring (bicyclic) bond motifs is 1. The number of hydrogen-bond acceptors (Lipinski definition) is 3. The van der Waals surface area contributed by atoms with Gasteiger partial charge in [0.1, 0.15) is 17.6 Å². The van der Waals surface area contributed by atoms with Crippen LogP contribution >= 0.6 is 11.6 Å². The van der Waals surface area contributed by atoms with E-state index in [4.69, 9.17) is 21.3 Å². The summed E-state index contributed by atoms with van der Waals surface area (Å²) >= 11 is 6.02. The van der Waals surface area contributed by atoms with Crippen LogP contribution in [-0.4, -0.2) is 31.9 Å². The number of likely N-dealkylation sites (N-methyl/N-ethyl adjacent to an activating group) is 1. The van der Waals surface area contributed by atoms with Crippen LogP contribution in [0.3, 0.4) is 0 Å². The van der Waals surface area contributed by atoms with Crippen LogP contribution in [0.1, 0.15) is 22.7 Å². The summed E-state index contributed by atoms with van der Waals surface area (Å²) in [5.74, 6) is 1.96. The lowest BCUT2D eigenvalue weighted by Gasteiger charge is -2.29. The Morgan fingerprint density at radius 3 is 2.50 bits per heavy atom. The summed E-state index contributed by atoms with van der Waals surface area (Å²) in [6, 6.07) is 14.0. The maximum Gasteiger partial charge on any atom is 0.124 e. The lowest BCUT2D eigenvalue weighted by Crippen LogP contribution is -2.29. The predicted molar refractivity (Wildman–Crippen MR) is 91.1 cm³/mol. The summed E-state index contributed by atoms with van der Waals surface area (Å²) in [5, 5.41) is 0.733. The second kappa shape index (κ2) is 6.01. The van der Waals surface area contributed by atoms with E-state index < -0.39 is 0 Å². The average Bonchev–Trinajstić information content (AvgIpc) is 2.53. The number of nitrogens with zero attached hydrogens (tertiary/aromatic N) is 2. The van der Waals surface area contributed by atoms with E-state index in [0.29, 0.717) is 0 Å². The fraction of sp³-hybridized carbons (Fsp3) is 0.278. The Kier molecular flexibility index (Phi) is 4.08. The Morgan fingerprint density at radius 2 is 1.86 bits per heavy atom. The molecule has 3 nitrogen and oxygen atoms in total. The van der Waals surface area contributed by atoms with Crippen molar-refractivity contribution in [3.05, 3.63) is 64.2 Å². The summed E-state index contributed by atoms with van der Waals surface area (Å²) in [7, 11) is 5.77. The highest BCUT2D eigenvalue weighted by atomic mass is 35.5. The molecule has 0 saturated carbocycles. The van der Waals surface area contributed by atoms with Crippen LogP contribution in [0.25, 0.3) is 0 Å². The number of amidine groups is 1. The predicted octanol–water partition coefficient (Wildman–Crippen LogP) is 3.95. The number of methoxy groups -OCH3 is 1. The van der Waals surface area contributed by atoms with Gasteiger partial charge in [-0.2, -0.15) is 0 Å². The van der Waals surface area contributed by atoms with Crippen molar-refractivity contribution in [1.29, 1.82) is 0 Å². The Hall–Kier alpha value is -2.00. The number of benzene rings is 2. The van der Waals surface area contributed by atoms with Gasteiger partial charge in [0.2, 0.25) is 0 Å². The zero-order valence-electron chi connectivity index (χ0n) is 13.0. The molecule has 0 radical (unpaired) electrons. The SMILES string of the molecule is COc1cccc2c1C(c1ccc(Cl)cc1)N=C(N(C)C)C2. The molecule has 1 aliphatic rings. The topological polar surface area (TPSA) is 24.8 Å². The van der Waals surface area contributed by atoms with Gasteiger partial charge in [0.25, 0.3) is 0 Å². The van der Waals surface area contributed by atoms with Crippen LogP contribution in [-0.2, 0) is 6.42 Å². The summed E-state index contributed by atoms with van der Waals surface area (Å²) in [5.41, 5.74) is 3.53. The van der Waals surface area contributed by atoms with Crippen LogP contribution in [0.5, 0.6) is 5.75 Å². The Balaban J connectivity index is 2.16.